The third-order valence-electron chi connectivity index (χ3n) is 1.54. The number of rotatable bonds is 3. The lowest BCUT2D eigenvalue weighted by Crippen LogP contribution is -2.33. The first kappa shape index (κ1) is 9.70. The van der Waals surface area contributed by atoms with Crippen LogP contribution in [0.4, 0.5) is 0 Å². The van der Waals surface area contributed by atoms with E-state index in [-0.39, 0.29) is 0 Å². The zero-order valence-electron chi connectivity index (χ0n) is 7.79. The summed E-state index contributed by atoms with van der Waals surface area (Å²) in [7, 11) is -1.26. The Kier molecular flexibility index (Phi) is 3.71. The summed E-state index contributed by atoms with van der Waals surface area (Å²) in [5, 5.41) is 1.37. The van der Waals surface area contributed by atoms with E-state index in [1.165, 1.54) is 5.19 Å². The summed E-state index contributed by atoms with van der Waals surface area (Å²) in [6.07, 6.45) is 0. The van der Waals surface area contributed by atoms with Crippen molar-refractivity contribution in [2.24, 2.45) is 0 Å². The van der Waals surface area contributed by atoms with E-state index in [1.807, 2.05) is 6.07 Å². The second-order valence-corrected chi connectivity index (χ2v) is 7.26. The lowest BCUT2D eigenvalue weighted by molar-refractivity contribution is 0.614. The van der Waals surface area contributed by atoms with Crippen molar-refractivity contribution in [3.63, 3.8) is 0 Å². The predicted octanol–water partition coefficient (Wildman–Crippen LogP) is 1.78. The van der Waals surface area contributed by atoms with Gasteiger partial charge in [0.1, 0.15) is 0 Å². The van der Waals surface area contributed by atoms with Crippen LogP contribution in [0.25, 0.3) is 0 Å². The zero-order valence-corrected chi connectivity index (χ0v) is 9.79. The van der Waals surface area contributed by atoms with Crippen molar-refractivity contribution < 1.29 is 4.12 Å². The third-order valence-corrected chi connectivity index (χ3v) is 5.54. The van der Waals surface area contributed by atoms with Crippen molar-refractivity contribution >= 4 is 23.3 Å². The van der Waals surface area contributed by atoms with E-state index in [1.54, 1.807) is 0 Å². The fourth-order valence-corrected chi connectivity index (χ4v) is 4.62. The molecular weight excluding hydrogens is 180 g/mol. The molecule has 0 bridgehead atoms. The van der Waals surface area contributed by atoms with E-state index in [0.717, 1.165) is 0 Å². The molecule has 0 saturated heterocycles. The summed E-state index contributed by atoms with van der Waals surface area (Å²) in [6.45, 7) is 6.57. The van der Waals surface area contributed by atoms with Crippen LogP contribution in [0.15, 0.2) is 30.3 Å². The summed E-state index contributed by atoms with van der Waals surface area (Å²) in [5.41, 5.74) is 0. The molecule has 0 N–H and O–H groups in total. The molecule has 0 amide bonds. The molecule has 0 aliphatic rings. The highest BCUT2D eigenvalue weighted by molar-refractivity contribution is 6.73. The number of benzene rings is 1. The van der Waals surface area contributed by atoms with Crippen LogP contribution in [0.2, 0.25) is 19.6 Å². The summed E-state index contributed by atoms with van der Waals surface area (Å²) in [4.78, 5) is 0. The van der Waals surface area contributed by atoms with E-state index in [4.69, 9.17) is 4.12 Å². The first-order valence-corrected chi connectivity index (χ1v) is 8.39. The van der Waals surface area contributed by atoms with Crippen LogP contribution in [0, 0.1) is 0 Å². The van der Waals surface area contributed by atoms with E-state index in [0.29, 0.717) is 0 Å². The largest absolute Gasteiger partial charge is 0.453 e. The highest BCUT2D eigenvalue weighted by Gasteiger charge is 2.10. The molecule has 0 fully saturated rings. The highest BCUT2D eigenvalue weighted by atomic mass is 28.4. The Morgan fingerprint density at radius 1 is 1.00 bits per heavy atom. The van der Waals surface area contributed by atoms with Crippen LogP contribution in [-0.2, 0) is 4.12 Å². The van der Waals surface area contributed by atoms with Gasteiger partial charge in [0.05, 0.1) is 0 Å². The molecule has 3 heteroatoms. The second-order valence-electron chi connectivity index (χ2n) is 2.93. The van der Waals surface area contributed by atoms with Gasteiger partial charge >= 0.3 is 0 Å². The van der Waals surface area contributed by atoms with Crippen molar-refractivity contribution in [3.05, 3.63) is 30.3 Å². The van der Waals surface area contributed by atoms with Crippen LogP contribution >= 0.6 is 0 Å². The van der Waals surface area contributed by atoms with E-state index >= 15 is 0 Å². The Labute approximate surface area is 77.8 Å². The Bertz CT molecular complexity index is 223. The van der Waals surface area contributed by atoms with Gasteiger partial charge in [-0.2, -0.15) is 0 Å². The molecule has 0 atom stereocenters. The topological polar surface area (TPSA) is 9.23 Å². The molecule has 1 aromatic carbocycles. The fourth-order valence-electron chi connectivity index (χ4n) is 1.04. The van der Waals surface area contributed by atoms with Gasteiger partial charge in [-0.05, 0) is 24.8 Å². The number of hydrogen-bond acceptors (Lipinski definition) is 1. The first-order valence-electron chi connectivity index (χ1n) is 4.07. The monoisotopic (exact) mass is 194 g/mol. The minimum absolute atomic E-state index is 0.536. The summed E-state index contributed by atoms with van der Waals surface area (Å²) in [6, 6.07) is 10.5. The van der Waals surface area contributed by atoms with Crippen molar-refractivity contribution in [3.8, 4) is 0 Å². The lowest BCUT2D eigenvalue weighted by atomic mass is 10.4. The summed E-state index contributed by atoms with van der Waals surface area (Å²) >= 11 is 0. The van der Waals surface area contributed by atoms with Gasteiger partial charge in [-0.15, -0.1) is 0 Å². The van der Waals surface area contributed by atoms with Crippen molar-refractivity contribution in [2.75, 3.05) is 0 Å². The molecule has 2 radical (unpaired) electrons. The Hall–Kier alpha value is -0.386. The molecule has 1 rings (SSSR count). The molecule has 0 unspecified atom stereocenters. The van der Waals surface area contributed by atoms with Gasteiger partial charge in [0.2, 0.25) is 9.04 Å². The molecule has 0 aliphatic heterocycles. The smallest absolute Gasteiger partial charge is 0.231 e. The maximum absolute atomic E-state index is 5.84. The molecule has 12 heavy (non-hydrogen) atoms. The van der Waals surface area contributed by atoms with Gasteiger partial charge in [-0.1, -0.05) is 30.3 Å². The van der Waals surface area contributed by atoms with Crippen LogP contribution < -0.4 is 5.19 Å². The molecule has 0 spiro atoms. The van der Waals surface area contributed by atoms with Crippen LogP contribution in [0.5, 0.6) is 0 Å². The van der Waals surface area contributed by atoms with Crippen molar-refractivity contribution in [1.29, 1.82) is 0 Å². The molecule has 1 nitrogen and oxygen atoms in total. The minimum atomic E-state index is -0.721. The Morgan fingerprint density at radius 3 is 2.08 bits per heavy atom. The molecular formula is C9H14OSi2. The Morgan fingerprint density at radius 2 is 1.58 bits per heavy atom. The van der Waals surface area contributed by atoms with Crippen LogP contribution in [0.1, 0.15) is 0 Å². The Balaban J connectivity index is 2.59. The van der Waals surface area contributed by atoms with Crippen LogP contribution in [-0.4, -0.2) is 18.1 Å². The van der Waals surface area contributed by atoms with Crippen molar-refractivity contribution in [2.45, 2.75) is 19.6 Å². The highest BCUT2D eigenvalue weighted by Crippen LogP contribution is 1.93. The summed E-state index contributed by atoms with van der Waals surface area (Å²) in [5.74, 6) is 0. The number of hydrogen-bond donors (Lipinski definition) is 0. The van der Waals surface area contributed by atoms with E-state index in [9.17, 15) is 0 Å². The van der Waals surface area contributed by atoms with E-state index in [2.05, 4.69) is 43.9 Å². The normalized spacial score (nSPS) is 11.1. The SMILES string of the molecule is C[Si](C)O[Si](C)c1ccccc1. The van der Waals surface area contributed by atoms with Crippen molar-refractivity contribution in [1.82, 2.24) is 0 Å². The average molecular weight is 194 g/mol. The minimum Gasteiger partial charge on any atom is -0.453 e. The maximum Gasteiger partial charge on any atom is 0.231 e. The maximum atomic E-state index is 5.84. The van der Waals surface area contributed by atoms with Gasteiger partial charge in [-0.3, -0.25) is 0 Å². The zero-order chi connectivity index (χ0) is 8.97. The van der Waals surface area contributed by atoms with Gasteiger partial charge in [0.15, 0.2) is 9.04 Å². The lowest BCUT2D eigenvalue weighted by Gasteiger charge is -2.12. The third kappa shape index (κ3) is 2.93. The van der Waals surface area contributed by atoms with Crippen LogP contribution in [0.3, 0.4) is 0 Å². The quantitative estimate of drug-likeness (QED) is 0.667. The van der Waals surface area contributed by atoms with Gasteiger partial charge < -0.3 is 4.12 Å². The predicted molar refractivity (Wildman–Crippen MR) is 56.3 cm³/mol. The van der Waals surface area contributed by atoms with E-state index < -0.39 is 18.1 Å². The average Bonchev–Trinajstić information content (AvgIpc) is 2.05. The molecule has 0 saturated carbocycles. The standard InChI is InChI=1S/C9H14OSi2/c1-11(2)10-12(3)9-7-5-4-6-8-9/h4-8H,1-3H3. The molecule has 64 valence electrons. The van der Waals surface area contributed by atoms with Gasteiger partial charge in [0, 0.05) is 0 Å². The fraction of sp³-hybridized carbons (Fsp3) is 0.333. The first-order chi connectivity index (χ1) is 5.70. The van der Waals surface area contributed by atoms with Gasteiger partial charge in [0.25, 0.3) is 0 Å². The molecule has 0 aromatic heterocycles. The molecule has 0 aliphatic carbocycles. The summed E-state index contributed by atoms with van der Waals surface area (Å²) < 4.78 is 5.84. The van der Waals surface area contributed by atoms with Gasteiger partial charge in [-0.25, -0.2) is 0 Å². The molecule has 1 aromatic rings. The molecule has 0 heterocycles. The second kappa shape index (κ2) is 4.59.